The lowest BCUT2D eigenvalue weighted by Crippen LogP contribution is -2.11. The van der Waals surface area contributed by atoms with Crippen molar-refractivity contribution < 1.29 is 9.53 Å². The smallest absolute Gasteiger partial charge is 0.302 e. The lowest BCUT2D eigenvalue weighted by Gasteiger charge is -2.16. The van der Waals surface area contributed by atoms with Crippen molar-refractivity contribution in [1.82, 2.24) is 0 Å². The molecule has 2 heteroatoms. The molecule has 1 atom stereocenters. The summed E-state index contributed by atoms with van der Waals surface area (Å²) in [5, 5.41) is 0. The number of esters is 1. The monoisotopic (exact) mass is 280 g/mol. The number of allylic oxidation sites excluding steroid dienone is 5. The van der Waals surface area contributed by atoms with Crippen molar-refractivity contribution in [2.45, 2.75) is 26.7 Å². The highest BCUT2D eigenvalue weighted by Gasteiger charge is 2.31. The van der Waals surface area contributed by atoms with Gasteiger partial charge in [-0.25, -0.2) is 0 Å². The molecular formula is C19H20O2. The van der Waals surface area contributed by atoms with Gasteiger partial charge in [-0.05, 0) is 22.3 Å². The number of ether oxygens (including phenoxy) is 1. The maximum Gasteiger partial charge on any atom is 0.302 e. The molecule has 1 aromatic rings. The van der Waals surface area contributed by atoms with Crippen molar-refractivity contribution in [2.75, 3.05) is 6.61 Å². The Morgan fingerprint density at radius 2 is 1.90 bits per heavy atom. The van der Waals surface area contributed by atoms with Crippen LogP contribution >= 0.6 is 0 Å². The van der Waals surface area contributed by atoms with Gasteiger partial charge in [-0.2, -0.15) is 0 Å². The minimum atomic E-state index is -0.227. The van der Waals surface area contributed by atoms with Crippen LogP contribution in [0.25, 0.3) is 5.57 Å². The molecule has 0 radical (unpaired) electrons. The highest BCUT2D eigenvalue weighted by molar-refractivity contribution is 5.87. The van der Waals surface area contributed by atoms with Crippen LogP contribution in [0.3, 0.4) is 0 Å². The van der Waals surface area contributed by atoms with Gasteiger partial charge in [0.15, 0.2) is 0 Å². The van der Waals surface area contributed by atoms with Crippen LogP contribution in [0, 0.1) is 5.41 Å². The van der Waals surface area contributed by atoms with E-state index in [1.54, 1.807) is 0 Å². The van der Waals surface area contributed by atoms with Crippen LogP contribution in [-0.4, -0.2) is 12.6 Å². The molecule has 108 valence electrons. The number of rotatable bonds is 2. The van der Waals surface area contributed by atoms with Crippen LogP contribution in [0.1, 0.15) is 37.8 Å². The van der Waals surface area contributed by atoms with E-state index in [2.05, 4.69) is 56.4 Å². The summed E-state index contributed by atoms with van der Waals surface area (Å²) in [6.07, 6.45) is 8.86. The van der Waals surface area contributed by atoms with Crippen LogP contribution < -0.4 is 0 Å². The number of benzene rings is 1. The maximum atomic E-state index is 11.2. The fourth-order valence-electron chi connectivity index (χ4n) is 2.99. The molecule has 0 saturated heterocycles. The molecule has 2 aliphatic rings. The Balaban J connectivity index is 2.06. The Morgan fingerprint density at radius 3 is 2.67 bits per heavy atom. The molecule has 3 rings (SSSR count). The Labute approximate surface area is 125 Å². The summed E-state index contributed by atoms with van der Waals surface area (Å²) >= 11 is 0. The van der Waals surface area contributed by atoms with Crippen LogP contribution in [-0.2, 0) is 9.53 Å². The summed E-state index contributed by atoms with van der Waals surface area (Å²) in [6, 6.07) is 8.38. The third-order valence-electron chi connectivity index (χ3n) is 4.14. The zero-order valence-corrected chi connectivity index (χ0v) is 12.7. The van der Waals surface area contributed by atoms with E-state index in [0.717, 1.165) is 0 Å². The lowest BCUT2D eigenvalue weighted by atomic mass is 9.90. The van der Waals surface area contributed by atoms with Crippen molar-refractivity contribution in [3.63, 3.8) is 0 Å². The molecule has 1 aromatic carbocycles. The number of hydrogen-bond acceptors (Lipinski definition) is 2. The van der Waals surface area contributed by atoms with E-state index >= 15 is 0 Å². The highest BCUT2D eigenvalue weighted by Crippen LogP contribution is 2.45. The summed E-state index contributed by atoms with van der Waals surface area (Å²) in [7, 11) is 0. The van der Waals surface area contributed by atoms with Crippen LogP contribution in [0.15, 0.2) is 54.1 Å². The third kappa shape index (κ3) is 2.58. The number of carbonyl (C=O) groups is 1. The van der Waals surface area contributed by atoms with Gasteiger partial charge in [-0.1, -0.05) is 62.4 Å². The normalized spacial score (nSPS) is 21.8. The second-order valence-electron chi connectivity index (χ2n) is 6.30. The Hall–Kier alpha value is -2.09. The Kier molecular flexibility index (Phi) is 3.32. The summed E-state index contributed by atoms with van der Waals surface area (Å²) in [5.74, 6) is -0.0927. The summed E-state index contributed by atoms with van der Waals surface area (Å²) < 4.78 is 5.29. The highest BCUT2D eigenvalue weighted by atomic mass is 16.5. The van der Waals surface area contributed by atoms with Crippen LogP contribution in [0.2, 0.25) is 0 Å². The minimum Gasteiger partial charge on any atom is -0.465 e. The number of carbonyl (C=O) groups excluding carboxylic acids is 1. The van der Waals surface area contributed by atoms with E-state index in [4.69, 9.17) is 4.74 Å². The van der Waals surface area contributed by atoms with Crippen LogP contribution in [0.5, 0.6) is 0 Å². The first-order valence-corrected chi connectivity index (χ1v) is 7.33. The third-order valence-corrected chi connectivity index (χ3v) is 4.14. The van der Waals surface area contributed by atoms with Gasteiger partial charge in [0.2, 0.25) is 0 Å². The van der Waals surface area contributed by atoms with E-state index in [9.17, 15) is 4.79 Å². The molecule has 0 fully saturated rings. The SMILES string of the molecule is CC(=O)OCC1C2=C(C=CC(C)(C)C=C2)c2ccccc21. The number of hydrogen-bond donors (Lipinski definition) is 0. The molecule has 0 N–H and O–H groups in total. The molecule has 21 heavy (non-hydrogen) atoms. The first-order valence-electron chi connectivity index (χ1n) is 7.33. The second-order valence-corrected chi connectivity index (χ2v) is 6.30. The first kappa shape index (κ1) is 13.9. The molecule has 2 nitrogen and oxygen atoms in total. The van der Waals surface area contributed by atoms with E-state index in [1.165, 1.54) is 29.2 Å². The molecule has 0 saturated carbocycles. The average Bonchev–Trinajstić information content (AvgIpc) is 2.64. The van der Waals surface area contributed by atoms with E-state index in [-0.39, 0.29) is 17.3 Å². The quantitative estimate of drug-likeness (QED) is 0.757. The fourth-order valence-corrected chi connectivity index (χ4v) is 2.99. The van der Waals surface area contributed by atoms with Crippen molar-refractivity contribution >= 4 is 11.5 Å². The summed E-state index contributed by atoms with van der Waals surface area (Å²) in [4.78, 5) is 11.2. The van der Waals surface area contributed by atoms with E-state index in [0.29, 0.717) is 6.61 Å². The van der Waals surface area contributed by atoms with Gasteiger partial charge < -0.3 is 4.74 Å². The van der Waals surface area contributed by atoms with Gasteiger partial charge in [-0.15, -0.1) is 0 Å². The van der Waals surface area contributed by atoms with Crippen molar-refractivity contribution in [3.05, 3.63) is 65.3 Å². The number of fused-ring (bicyclic) bond motifs is 2. The molecule has 0 bridgehead atoms. The van der Waals surface area contributed by atoms with Gasteiger partial charge in [-0.3, -0.25) is 4.79 Å². The molecule has 0 spiro atoms. The zero-order chi connectivity index (χ0) is 15.0. The molecule has 0 aliphatic heterocycles. The standard InChI is InChI=1S/C19H20O2/c1-13(20)21-12-18-15-7-5-4-6-14(15)16-8-10-19(2,3)11-9-17(16)18/h4-11,18H,12H2,1-3H3. The topological polar surface area (TPSA) is 26.3 Å². The van der Waals surface area contributed by atoms with E-state index in [1.807, 2.05) is 6.07 Å². The average molecular weight is 280 g/mol. The van der Waals surface area contributed by atoms with Gasteiger partial charge in [0.1, 0.15) is 6.61 Å². The van der Waals surface area contributed by atoms with Crippen molar-refractivity contribution in [2.24, 2.45) is 5.41 Å². The van der Waals surface area contributed by atoms with Crippen LogP contribution in [0.4, 0.5) is 0 Å². The molecule has 0 amide bonds. The molecule has 0 heterocycles. The van der Waals surface area contributed by atoms with Crippen molar-refractivity contribution in [1.29, 1.82) is 0 Å². The zero-order valence-electron chi connectivity index (χ0n) is 12.7. The fraction of sp³-hybridized carbons (Fsp3) is 0.316. The molecule has 0 aromatic heterocycles. The largest absolute Gasteiger partial charge is 0.465 e. The Morgan fingerprint density at radius 1 is 1.19 bits per heavy atom. The summed E-state index contributed by atoms with van der Waals surface area (Å²) in [5.41, 5.74) is 5.05. The maximum absolute atomic E-state index is 11.2. The van der Waals surface area contributed by atoms with Gasteiger partial charge >= 0.3 is 5.97 Å². The van der Waals surface area contributed by atoms with E-state index < -0.39 is 0 Å². The first-order chi connectivity index (χ1) is 9.98. The predicted molar refractivity (Wildman–Crippen MR) is 84.8 cm³/mol. The van der Waals surface area contributed by atoms with Gasteiger partial charge in [0.25, 0.3) is 0 Å². The van der Waals surface area contributed by atoms with Crippen molar-refractivity contribution in [3.8, 4) is 0 Å². The summed E-state index contributed by atoms with van der Waals surface area (Å²) in [6.45, 7) is 6.25. The molecule has 1 unspecified atom stereocenters. The van der Waals surface area contributed by atoms with Gasteiger partial charge in [0, 0.05) is 18.3 Å². The second kappa shape index (κ2) is 5.03. The predicted octanol–water partition coefficient (Wildman–Crippen LogP) is 4.25. The minimum absolute atomic E-state index is 0.0469. The molecule has 2 aliphatic carbocycles. The van der Waals surface area contributed by atoms with Gasteiger partial charge in [0.05, 0.1) is 0 Å². The lowest BCUT2D eigenvalue weighted by molar-refractivity contribution is -0.141. The Bertz CT molecular complexity index is 675. The molecular weight excluding hydrogens is 260 g/mol.